The molecule has 50 heavy (non-hydrogen) atoms. The van der Waals surface area contributed by atoms with Gasteiger partial charge in [0.05, 0.1) is 23.0 Å². The lowest BCUT2D eigenvalue weighted by Gasteiger charge is -2.25. The van der Waals surface area contributed by atoms with E-state index >= 15 is 0 Å². The smallest absolute Gasteiger partial charge is 0.338 e. The van der Waals surface area contributed by atoms with Crippen LogP contribution < -0.4 is 0 Å². The van der Waals surface area contributed by atoms with Crippen molar-refractivity contribution in [3.63, 3.8) is 0 Å². The molecular weight excluding hydrogens is 640 g/mol. The molecular formula is C37H32N6O7. The molecule has 1 aliphatic rings. The molecule has 1 fully saturated rings. The molecule has 6 aromatic rings. The van der Waals surface area contributed by atoms with Crippen LogP contribution in [-0.4, -0.2) is 71.9 Å². The van der Waals surface area contributed by atoms with Gasteiger partial charge in [-0.1, -0.05) is 53.1 Å². The number of nitrogens with zero attached hydrogens (tertiary/aromatic N) is 6. The summed E-state index contributed by atoms with van der Waals surface area (Å²) in [5, 5.41) is 0. The first-order valence-electron chi connectivity index (χ1n) is 15.9. The lowest BCUT2D eigenvalue weighted by molar-refractivity contribution is -0.0606. The van der Waals surface area contributed by atoms with Crippen molar-refractivity contribution in [2.75, 3.05) is 6.61 Å². The van der Waals surface area contributed by atoms with Gasteiger partial charge >= 0.3 is 17.9 Å². The molecule has 1 aliphatic heterocycles. The van der Waals surface area contributed by atoms with E-state index in [1.807, 2.05) is 20.8 Å². The summed E-state index contributed by atoms with van der Waals surface area (Å²) in [5.41, 5.74) is 4.58. The summed E-state index contributed by atoms with van der Waals surface area (Å²) in [5.74, 6) is -1.48. The Morgan fingerprint density at radius 1 is 0.700 bits per heavy atom. The molecule has 7 rings (SSSR count). The molecule has 252 valence electrons. The monoisotopic (exact) mass is 672 g/mol. The number of carbonyl (C=O) groups excluding carboxylic acids is 3. The number of hydrogen-bond donors (Lipinski definition) is 0. The highest BCUT2D eigenvalue weighted by Gasteiger charge is 2.52. The molecule has 0 radical (unpaired) electrons. The summed E-state index contributed by atoms with van der Waals surface area (Å²) in [4.78, 5) is 57.9. The Balaban J connectivity index is 1.27. The molecule has 13 heteroatoms. The second-order valence-corrected chi connectivity index (χ2v) is 12.0. The van der Waals surface area contributed by atoms with Crippen LogP contribution in [0.5, 0.6) is 0 Å². The number of aryl methyl sites for hydroxylation is 3. The molecule has 3 aromatic heterocycles. The van der Waals surface area contributed by atoms with Crippen molar-refractivity contribution < 1.29 is 33.3 Å². The van der Waals surface area contributed by atoms with Crippen molar-refractivity contribution in [2.45, 2.75) is 45.3 Å². The third-order valence-electron chi connectivity index (χ3n) is 8.37. The van der Waals surface area contributed by atoms with Crippen LogP contribution in [0.4, 0.5) is 0 Å². The Bertz CT molecular complexity index is 2150. The van der Waals surface area contributed by atoms with Gasteiger partial charge in [-0.3, -0.25) is 9.13 Å². The lowest BCUT2D eigenvalue weighted by Crippen LogP contribution is -2.41. The molecule has 0 spiro atoms. The summed E-state index contributed by atoms with van der Waals surface area (Å²) in [6.45, 7) is 5.40. The van der Waals surface area contributed by atoms with Gasteiger partial charge in [0.25, 0.3) is 0 Å². The maximum absolute atomic E-state index is 13.7. The van der Waals surface area contributed by atoms with Crippen molar-refractivity contribution in [2.24, 2.45) is 0 Å². The zero-order chi connectivity index (χ0) is 34.8. The number of ether oxygens (including phenoxy) is 4. The molecule has 0 N–H and O–H groups in total. The van der Waals surface area contributed by atoms with Gasteiger partial charge in [0.2, 0.25) is 0 Å². The van der Waals surface area contributed by atoms with Crippen LogP contribution in [0.1, 0.15) is 54.0 Å². The molecule has 2 unspecified atom stereocenters. The molecule has 3 aromatic carbocycles. The lowest BCUT2D eigenvalue weighted by atomic mass is 10.1. The van der Waals surface area contributed by atoms with Crippen LogP contribution in [0.15, 0.2) is 104 Å². The van der Waals surface area contributed by atoms with Crippen molar-refractivity contribution in [3.8, 4) is 5.82 Å². The van der Waals surface area contributed by atoms with Gasteiger partial charge in [-0.15, -0.1) is 0 Å². The van der Waals surface area contributed by atoms with E-state index < -0.39 is 42.4 Å². The molecule has 4 heterocycles. The summed E-state index contributed by atoms with van der Waals surface area (Å²) >= 11 is 0. The first kappa shape index (κ1) is 32.3. The van der Waals surface area contributed by atoms with E-state index in [1.165, 1.54) is 12.7 Å². The van der Waals surface area contributed by atoms with E-state index in [-0.39, 0.29) is 17.7 Å². The molecule has 1 saturated heterocycles. The highest BCUT2D eigenvalue weighted by Crippen LogP contribution is 2.37. The zero-order valence-electron chi connectivity index (χ0n) is 27.4. The quantitative estimate of drug-likeness (QED) is 0.148. The fraction of sp³-hybridized carbons (Fsp3) is 0.216. The van der Waals surface area contributed by atoms with Gasteiger partial charge in [-0.2, -0.15) is 0 Å². The molecule has 0 aliphatic carbocycles. The van der Waals surface area contributed by atoms with Crippen molar-refractivity contribution in [1.29, 1.82) is 0 Å². The molecule has 0 amide bonds. The number of esters is 3. The molecule has 0 bridgehead atoms. The Hall–Kier alpha value is -6.21. The third-order valence-corrected chi connectivity index (χ3v) is 8.37. The minimum atomic E-state index is -1.23. The van der Waals surface area contributed by atoms with Crippen molar-refractivity contribution in [1.82, 2.24) is 29.1 Å². The summed E-state index contributed by atoms with van der Waals surface area (Å²) in [6.07, 6.45) is 3.14. The van der Waals surface area contributed by atoms with Crippen LogP contribution in [0, 0.1) is 20.8 Å². The predicted octanol–water partition coefficient (Wildman–Crippen LogP) is 5.14. The number of fused-ring (bicyclic) bond motifs is 1. The standard InChI is InChI=1S/C37H32N6O7/c1-22-4-10-25(11-5-22)35(44)47-18-28-30(49-36(45)26-12-6-23(2)7-13-26)31(50-37(46)27-14-8-24(3)9-15-27)34(48-28)43-21-41-29-32(39-19-40-33(29)43)42-17-16-38-20-42/h4-17,19-21,28,30-31,34H,18H2,1-3H3/t28-,30?,31?,34-/m1/s1. The van der Waals surface area contributed by atoms with E-state index in [0.29, 0.717) is 22.5 Å². The van der Waals surface area contributed by atoms with Gasteiger partial charge in [-0.05, 0) is 57.2 Å². The number of imidazole rings is 2. The normalized spacial score (nSPS) is 18.5. The fourth-order valence-corrected chi connectivity index (χ4v) is 5.63. The van der Waals surface area contributed by atoms with Crippen LogP contribution in [0.25, 0.3) is 17.0 Å². The number of carbonyl (C=O) groups is 3. The topological polar surface area (TPSA) is 150 Å². The van der Waals surface area contributed by atoms with Crippen molar-refractivity contribution in [3.05, 3.63) is 138 Å². The largest absolute Gasteiger partial charge is 0.459 e. The summed E-state index contributed by atoms with van der Waals surface area (Å²) in [7, 11) is 0. The van der Waals surface area contributed by atoms with E-state index in [2.05, 4.69) is 19.9 Å². The molecule has 13 nitrogen and oxygen atoms in total. The maximum atomic E-state index is 13.7. The average molecular weight is 673 g/mol. The molecule has 0 saturated carbocycles. The second-order valence-electron chi connectivity index (χ2n) is 12.0. The van der Waals surface area contributed by atoms with Gasteiger partial charge in [0, 0.05) is 12.4 Å². The number of benzene rings is 3. The minimum absolute atomic E-state index is 0.281. The van der Waals surface area contributed by atoms with Crippen LogP contribution in [0.2, 0.25) is 0 Å². The third kappa shape index (κ3) is 6.58. The zero-order valence-corrected chi connectivity index (χ0v) is 27.4. The van der Waals surface area contributed by atoms with Gasteiger partial charge < -0.3 is 18.9 Å². The number of rotatable bonds is 9. The highest BCUT2D eigenvalue weighted by molar-refractivity contribution is 5.91. The Morgan fingerprint density at radius 2 is 1.26 bits per heavy atom. The minimum Gasteiger partial charge on any atom is -0.459 e. The van der Waals surface area contributed by atoms with Gasteiger partial charge in [0.1, 0.15) is 25.4 Å². The maximum Gasteiger partial charge on any atom is 0.338 e. The summed E-state index contributed by atoms with van der Waals surface area (Å²) in [6, 6.07) is 20.7. The van der Waals surface area contributed by atoms with Crippen LogP contribution >= 0.6 is 0 Å². The number of aromatic nitrogens is 6. The average Bonchev–Trinajstić information content (AvgIpc) is 3.88. The van der Waals surface area contributed by atoms with Gasteiger partial charge in [0.15, 0.2) is 35.4 Å². The second kappa shape index (κ2) is 13.7. The predicted molar refractivity (Wildman–Crippen MR) is 179 cm³/mol. The molecule has 4 atom stereocenters. The van der Waals surface area contributed by atoms with E-state index in [9.17, 15) is 14.4 Å². The highest BCUT2D eigenvalue weighted by atomic mass is 16.7. The van der Waals surface area contributed by atoms with Crippen LogP contribution in [-0.2, 0) is 18.9 Å². The Labute approximate surface area is 286 Å². The number of hydrogen-bond acceptors (Lipinski definition) is 11. The van der Waals surface area contributed by atoms with E-state index in [4.69, 9.17) is 18.9 Å². The SMILES string of the molecule is Cc1ccc(C(=O)OC[C@H]2O[C@@H](n3cnc4c(-n5ccnc5)ncnc43)C(OC(=O)c3ccc(C)cc3)C2OC(=O)c2ccc(C)cc2)cc1. The summed E-state index contributed by atoms with van der Waals surface area (Å²) < 4.78 is 27.7. The van der Waals surface area contributed by atoms with Crippen LogP contribution in [0.3, 0.4) is 0 Å². The van der Waals surface area contributed by atoms with Crippen molar-refractivity contribution >= 4 is 29.1 Å². The van der Waals surface area contributed by atoms with Gasteiger partial charge in [-0.25, -0.2) is 34.3 Å². The van der Waals surface area contributed by atoms with E-state index in [1.54, 1.807) is 101 Å². The Kier molecular flexibility index (Phi) is 8.88. The van der Waals surface area contributed by atoms with E-state index in [0.717, 1.165) is 16.7 Å². The fourth-order valence-electron chi connectivity index (χ4n) is 5.63. The first-order valence-corrected chi connectivity index (χ1v) is 15.9. The first-order chi connectivity index (χ1) is 24.2. The Morgan fingerprint density at radius 3 is 1.82 bits per heavy atom.